The number of amides is 1. The molecule has 0 fully saturated rings. The molecule has 0 saturated carbocycles. The fraction of sp³-hybridized carbons (Fsp3) is 0.167. The quantitative estimate of drug-likeness (QED) is 0.483. The zero-order valence-electron chi connectivity index (χ0n) is 13.0. The Morgan fingerprint density at radius 3 is 2.42 bits per heavy atom. The summed E-state index contributed by atoms with van der Waals surface area (Å²) >= 11 is 17.8. The van der Waals surface area contributed by atoms with E-state index in [9.17, 15) is 4.79 Å². The molecule has 0 aromatic heterocycles. The van der Waals surface area contributed by atoms with Gasteiger partial charge in [0.15, 0.2) is 0 Å². The van der Waals surface area contributed by atoms with Crippen LogP contribution in [0.4, 0.5) is 5.69 Å². The van der Waals surface area contributed by atoms with Crippen LogP contribution in [0.25, 0.3) is 6.08 Å². The average Bonchev–Trinajstić information content (AvgIpc) is 2.57. The molecule has 0 spiro atoms. The van der Waals surface area contributed by atoms with Gasteiger partial charge in [-0.15, -0.1) is 0 Å². The first kappa shape index (κ1) is 18.7. The van der Waals surface area contributed by atoms with Crippen LogP contribution in [0.15, 0.2) is 42.5 Å². The summed E-state index contributed by atoms with van der Waals surface area (Å²) in [5.74, 6) is 0.489. The van der Waals surface area contributed by atoms with Crippen molar-refractivity contribution in [1.82, 2.24) is 0 Å². The molecule has 2 aromatic carbocycles. The second-order valence-electron chi connectivity index (χ2n) is 4.99. The summed E-state index contributed by atoms with van der Waals surface area (Å²) in [7, 11) is 0. The van der Waals surface area contributed by atoms with Gasteiger partial charge in [-0.1, -0.05) is 53.9 Å². The summed E-state index contributed by atoms with van der Waals surface area (Å²) < 4.78 is 5.51. The third-order valence-electron chi connectivity index (χ3n) is 3.05. The van der Waals surface area contributed by atoms with Crippen molar-refractivity contribution in [2.24, 2.45) is 0 Å². The molecule has 0 aliphatic carbocycles. The van der Waals surface area contributed by atoms with Crippen molar-refractivity contribution in [1.29, 1.82) is 0 Å². The number of hydrogen-bond acceptors (Lipinski definition) is 2. The Balaban J connectivity index is 1.99. The summed E-state index contributed by atoms with van der Waals surface area (Å²) in [6.07, 6.45) is 4.07. The zero-order chi connectivity index (χ0) is 17.5. The molecule has 6 heteroatoms. The van der Waals surface area contributed by atoms with Crippen LogP contribution in [-0.4, -0.2) is 12.5 Å². The maximum atomic E-state index is 12.0. The molecule has 1 amide bonds. The Kier molecular flexibility index (Phi) is 6.98. The largest absolute Gasteiger partial charge is 0.494 e. The van der Waals surface area contributed by atoms with Crippen LogP contribution in [0.3, 0.4) is 0 Å². The van der Waals surface area contributed by atoms with Crippen molar-refractivity contribution in [2.45, 2.75) is 13.3 Å². The van der Waals surface area contributed by atoms with Crippen molar-refractivity contribution in [2.75, 3.05) is 11.9 Å². The van der Waals surface area contributed by atoms with Crippen LogP contribution in [-0.2, 0) is 4.79 Å². The molecule has 0 aliphatic rings. The number of anilines is 1. The van der Waals surface area contributed by atoms with E-state index in [0.717, 1.165) is 17.7 Å². The third kappa shape index (κ3) is 5.45. The maximum absolute atomic E-state index is 12.0. The fourth-order valence-electron chi connectivity index (χ4n) is 1.86. The van der Waals surface area contributed by atoms with Crippen LogP contribution in [0, 0.1) is 0 Å². The van der Waals surface area contributed by atoms with E-state index in [0.29, 0.717) is 27.4 Å². The number of hydrogen-bond donors (Lipinski definition) is 1. The van der Waals surface area contributed by atoms with Gasteiger partial charge in [0.05, 0.1) is 27.4 Å². The van der Waals surface area contributed by atoms with Crippen molar-refractivity contribution >= 4 is 52.5 Å². The lowest BCUT2D eigenvalue weighted by molar-refractivity contribution is -0.111. The van der Waals surface area contributed by atoms with Gasteiger partial charge in [-0.2, -0.15) is 0 Å². The van der Waals surface area contributed by atoms with Crippen molar-refractivity contribution in [3.63, 3.8) is 0 Å². The molecular weight excluding hydrogens is 369 g/mol. The van der Waals surface area contributed by atoms with E-state index in [1.54, 1.807) is 6.08 Å². The van der Waals surface area contributed by atoms with E-state index in [-0.39, 0.29) is 5.91 Å². The normalized spacial score (nSPS) is 10.8. The van der Waals surface area contributed by atoms with Gasteiger partial charge in [-0.3, -0.25) is 4.79 Å². The molecule has 24 heavy (non-hydrogen) atoms. The lowest BCUT2D eigenvalue weighted by Crippen LogP contribution is -2.08. The zero-order valence-corrected chi connectivity index (χ0v) is 15.3. The van der Waals surface area contributed by atoms with Gasteiger partial charge in [0, 0.05) is 6.08 Å². The molecule has 0 aliphatic heterocycles. The van der Waals surface area contributed by atoms with E-state index < -0.39 is 0 Å². The van der Waals surface area contributed by atoms with Crippen LogP contribution in [0.5, 0.6) is 5.75 Å². The second kappa shape index (κ2) is 8.97. The number of rotatable bonds is 6. The third-order valence-corrected chi connectivity index (χ3v) is 4.08. The van der Waals surface area contributed by atoms with Crippen LogP contribution < -0.4 is 10.1 Å². The van der Waals surface area contributed by atoms with Crippen molar-refractivity contribution < 1.29 is 9.53 Å². The molecule has 0 heterocycles. The first-order valence-electron chi connectivity index (χ1n) is 7.36. The molecule has 2 aromatic rings. The predicted molar refractivity (Wildman–Crippen MR) is 101 cm³/mol. The second-order valence-corrected chi connectivity index (χ2v) is 6.21. The highest BCUT2D eigenvalue weighted by atomic mass is 35.5. The van der Waals surface area contributed by atoms with Gasteiger partial charge in [0.1, 0.15) is 5.75 Å². The van der Waals surface area contributed by atoms with Crippen LogP contribution in [0.2, 0.25) is 15.1 Å². The molecular formula is C18H16Cl3NO2. The van der Waals surface area contributed by atoms with Crippen molar-refractivity contribution in [3.05, 3.63) is 63.1 Å². The van der Waals surface area contributed by atoms with E-state index in [4.69, 9.17) is 39.5 Å². The molecule has 0 saturated heterocycles. The number of benzene rings is 2. The van der Waals surface area contributed by atoms with E-state index in [1.807, 2.05) is 24.3 Å². The molecule has 0 bridgehead atoms. The smallest absolute Gasteiger partial charge is 0.248 e. The average molecular weight is 385 g/mol. The van der Waals surface area contributed by atoms with Gasteiger partial charge in [0.25, 0.3) is 0 Å². The van der Waals surface area contributed by atoms with E-state index in [1.165, 1.54) is 18.2 Å². The van der Waals surface area contributed by atoms with Gasteiger partial charge in [-0.05, 0) is 42.3 Å². The van der Waals surface area contributed by atoms with Crippen molar-refractivity contribution in [3.8, 4) is 5.75 Å². The molecule has 0 radical (unpaired) electrons. The Morgan fingerprint density at radius 1 is 1.08 bits per heavy atom. The number of nitrogens with one attached hydrogen (secondary N) is 1. The number of carbonyl (C=O) groups excluding carboxylic acids is 1. The Hall–Kier alpha value is -1.68. The van der Waals surface area contributed by atoms with Gasteiger partial charge < -0.3 is 10.1 Å². The standard InChI is InChI=1S/C18H16Cl3NO2/c1-2-9-24-13-6-3-12(4-7-13)5-8-18(23)22-17-11-15(20)14(19)10-16(17)21/h3-8,10-11H,2,9H2,1H3,(H,22,23)/b8-5+. The molecule has 126 valence electrons. The minimum atomic E-state index is -0.318. The van der Waals surface area contributed by atoms with Gasteiger partial charge in [0.2, 0.25) is 5.91 Å². The van der Waals surface area contributed by atoms with Crippen LogP contribution >= 0.6 is 34.8 Å². The first-order valence-corrected chi connectivity index (χ1v) is 8.49. The Labute approximate surface area is 156 Å². The van der Waals surface area contributed by atoms with Crippen LogP contribution in [0.1, 0.15) is 18.9 Å². The Morgan fingerprint density at radius 2 is 1.75 bits per heavy atom. The van der Waals surface area contributed by atoms with Gasteiger partial charge in [-0.25, -0.2) is 0 Å². The van der Waals surface area contributed by atoms with E-state index in [2.05, 4.69) is 12.2 Å². The van der Waals surface area contributed by atoms with E-state index >= 15 is 0 Å². The predicted octanol–water partition coefficient (Wildman–Crippen LogP) is 6.09. The summed E-state index contributed by atoms with van der Waals surface area (Å²) in [4.78, 5) is 12.0. The molecule has 2 rings (SSSR count). The molecule has 0 unspecified atom stereocenters. The lowest BCUT2D eigenvalue weighted by Gasteiger charge is -2.07. The first-order chi connectivity index (χ1) is 11.5. The number of halogens is 3. The minimum absolute atomic E-state index is 0.318. The highest BCUT2D eigenvalue weighted by Gasteiger charge is 2.07. The molecule has 3 nitrogen and oxygen atoms in total. The number of carbonyl (C=O) groups is 1. The SMILES string of the molecule is CCCOc1ccc(/C=C/C(=O)Nc2cc(Cl)c(Cl)cc2Cl)cc1. The highest BCUT2D eigenvalue weighted by molar-refractivity contribution is 6.44. The summed E-state index contributed by atoms with van der Waals surface area (Å²) in [5, 5.41) is 3.64. The number of ether oxygens (including phenoxy) is 1. The highest BCUT2D eigenvalue weighted by Crippen LogP contribution is 2.32. The molecule has 1 N–H and O–H groups in total. The summed E-state index contributed by atoms with van der Waals surface area (Å²) in [6, 6.07) is 10.5. The van der Waals surface area contributed by atoms with Gasteiger partial charge >= 0.3 is 0 Å². The fourth-order valence-corrected chi connectivity index (χ4v) is 2.45. The minimum Gasteiger partial charge on any atom is -0.494 e. The monoisotopic (exact) mass is 383 g/mol. The topological polar surface area (TPSA) is 38.3 Å². The molecule has 0 atom stereocenters. The maximum Gasteiger partial charge on any atom is 0.248 e. The summed E-state index contributed by atoms with van der Waals surface area (Å²) in [6.45, 7) is 2.73. The Bertz CT molecular complexity index is 743. The summed E-state index contributed by atoms with van der Waals surface area (Å²) in [5.41, 5.74) is 1.29. The lowest BCUT2D eigenvalue weighted by atomic mass is 10.2.